The molecule has 3 nitrogen and oxygen atoms in total. The maximum absolute atomic E-state index is 11.9. The lowest BCUT2D eigenvalue weighted by atomic mass is 10.1. The minimum absolute atomic E-state index is 0.0830. The van der Waals surface area contributed by atoms with Crippen LogP contribution in [0.15, 0.2) is 30.5 Å². The second-order valence-electron chi connectivity index (χ2n) is 5.54. The number of benzene rings is 1. The van der Waals surface area contributed by atoms with Crippen LogP contribution in [0.25, 0.3) is 10.9 Å². The molecule has 3 heteroatoms. The number of nitrogens with zero attached hydrogens (tertiary/aromatic N) is 1. The smallest absolute Gasteiger partial charge is 0.239 e. The van der Waals surface area contributed by atoms with Gasteiger partial charge in [0.15, 0.2) is 0 Å². The molecule has 0 aliphatic heterocycles. The van der Waals surface area contributed by atoms with E-state index in [1.165, 1.54) is 10.9 Å². The molecule has 2 rings (SSSR count). The molecule has 0 radical (unpaired) electrons. The summed E-state index contributed by atoms with van der Waals surface area (Å²) in [5.41, 5.74) is 2.34. The van der Waals surface area contributed by atoms with Gasteiger partial charge < -0.3 is 9.88 Å². The number of amides is 1. The molecule has 2 aromatic rings. The van der Waals surface area contributed by atoms with E-state index < -0.39 is 0 Å². The van der Waals surface area contributed by atoms with Gasteiger partial charge in [0.05, 0.1) is 0 Å². The topological polar surface area (TPSA) is 34.0 Å². The number of hydrogen-bond donors (Lipinski definition) is 1. The molecule has 1 aromatic carbocycles. The van der Waals surface area contributed by atoms with E-state index in [-0.39, 0.29) is 5.91 Å². The Morgan fingerprint density at radius 1 is 1.32 bits per heavy atom. The molecule has 1 heterocycles. The number of hydrogen-bond acceptors (Lipinski definition) is 1. The average molecular weight is 258 g/mol. The Bertz CT molecular complexity index is 569. The summed E-state index contributed by atoms with van der Waals surface area (Å²) in [6, 6.07) is 8.36. The van der Waals surface area contributed by atoms with Gasteiger partial charge >= 0.3 is 0 Å². The number of rotatable bonds is 5. The van der Waals surface area contributed by atoms with Crippen LogP contribution in [0.3, 0.4) is 0 Å². The van der Waals surface area contributed by atoms with E-state index in [4.69, 9.17) is 0 Å². The molecule has 0 unspecified atom stereocenters. The lowest BCUT2D eigenvalue weighted by Crippen LogP contribution is -2.28. The van der Waals surface area contributed by atoms with Crippen molar-refractivity contribution in [2.45, 2.75) is 33.7 Å². The van der Waals surface area contributed by atoms with Crippen molar-refractivity contribution >= 4 is 16.8 Å². The van der Waals surface area contributed by atoms with Crippen molar-refractivity contribution in [1.82, 2.24) is 9.88 Å². The summed E-state index contributed by atoms with van der Waals surface area (Å²) in [6.45, 7) is 7.54. The minimum atomic E-state index is 0.0830. The summed E-state index contributed by atoms with van der Waals surface area (Å²) in [5.74, 6) is 0.704. The van der Waals surface area contributed by atoms with Gasteiger partial charge in [-0.05, 0) is 42.3 Å². The fourth-order valence-corrected chi connectivity index (χ4v) is 2.14. The second kappa shape index (κ2) is 5.91. The third-order valence-electron chi connectivity index (χ3n) is 3.29. The number of aromatic nitrogens is 1. The molecular weight excluding hydrogens is 236 g/mol. The first-order valence-corrected chi connectivity index (χ1v) is 6.88. The standard InChI is InChI=1S/C16H22N2O/c1-12(2)6-8-17-16(19)11-18-9-7-14-5-4-13(3)10-15(14)18/h4-5,7,9-10,12H,6,8,11H2,1-3H3,(H,17,19). The first-order chi connectivity index (χ1) is 9.06. The van der Waals surface area contributed by atoms with Crippen LogP contribution in [0.4, 0.5) is 0 Å². The lowest BCUT2D eigenvalue weighted by Gasteiger charge is -2.09. The Morgan fingerprint density at radius 2 is 2.11 bits per heavy atom. The highest BCUT2D eigenvalue weighted by Crippen LogP contribution is 2.17. The zero-order valence-corrected chi connectivity index (χ0v) is 11.9. The van der Waals surface area contributed by atoms with Gasteiger partial charge in [-0.25, -0.2) is 0 Å². The maximum atomic E-state index is 11.9. The highest BCUT2D eigenvalue weighted by molar-refractivity contribution is 5.83. The third kappa shape index (κ3) is 3.60. The van der Waals surface area contributed by atoms with Gasteiger partial charge in [-0.15, -0.1) is 0 Å². The SMILES string of the molecule is Cc1ccc2ccn(CC(=O)NCCC(C)C)c2c1. The first-order valence-electron chi connectivity index (χ1n) is 6.88. The normalized spacial score (nSPS) is 11.2. The van der Waals surface area contributed by atoms with Gasteiger partial charge in [-0.2, -0.15) is 0 Å². The molecule has 0 bridgehead atoms. The maximum Gasteiger partial charge on any atom is 0.239 e. The Morgan fingerprint density at radius 3 is 2.84 bits per heavy atom. The van der Waals surface area contributed by atoms with Crippen LogP contribution in [0.2, 0.25) is 0 Å². The van der Waals surface area contributed by atoms with Crippen molar-refractivity contribution in [2.24, 2.45) is 5.92 Å². The van der Waals surface area contributed by atoms with E-state index in [2.05, 4.69) is 50.4 Å². The average Bonchev–Trinajstić information content (AvgIpc) is 2.71. The molecule has 0 fully saturated rings. The van der Waals surface area contributed by atoms with Crippen LogP contribution in [0.1, 0.15) is 25.8 Å². The number of carbonyl (C=O) groups is 1. The van der Waals surface area contributed by atoms with Crippen LogP contribution in [-0.4, -0.2) is 17.0 Å². The Labute approximate surface area is 114 Å². The second-order valence-corrected chi connectivity index (χ2v) is 5.54. The number of fused-ring (bicyclic) bond motifs is 1. The van der Waals surface area contributed by atoms with E-state index in [0.29, 0.717) is 12.5 Å². The number of nitrogens with one attached hydrogen (secondary N) is 1. The lowest BCUT2D eigenvalue weighted by molar-refractivity contribution is -0.121. The van der Waals surface area contributed by atoms with Crippen molar-refractivity contribution in [2.75, 3.05) is 6.54 Å². The number of carbonyl (C=O) groups excluding carboxylic acids is 1. The molecule has 0 spiro atoms. The monoisotopic (exact) mass is 258 g/mol. The largest absolute Gasteiger partial charge is 0.355 e. The first kappa shape index (κ1) is 13.7. The van der Waals surface area contributed by atoms with Crippen LogP contribution in [0, 0.1) is 12.8 Å². The zero-order chi connectivity index (χ0) is 13.8. The Hall–Kier alpha value is -1.77. The molecular formula is C16H22N2O. The molecule has 1 N–H and O–H groups in total. The van der Waals surface area contributed by atoms with E-state index in [0.717, 1.165) is 18.5 Å². The van der Waals surface area contributed by atoms with E-state index in [1.54, 1.807) is 0 Å². The predicted molar refractivity (Wildman–Crippen MR) is 79.1 cm³/mol. The highest BCUT2D eigenvalue weighted by atomic mass is 16.1. The number of aryl methyl sites for hydroxylation is 1. The van der Waals surface area contributed by atoms with E-state index in [1.807, 2.05) is 10.8 Å². The van der Waals surface area contributed by atoms with Gasteiger partial charge in [0.1, 0.15) is 6.54 Å². The fraction of sp³-hybridized carbons (Fsp3) is 0.438. The fourth-order valence-electron chi connectivity index (χ4n) is 2.14. The molecule has 0 saturated heterocycles. The van der Waals surface area contributed by atoms with Crippen LogP contribution < -0.4 is 5.32 Å². The van der Waals surface area contributed by atoms with Crippen LogP contribution in [-0.2, 0) is 11.3 Å². The highest BCUT2D eigenvalue weighted by Gasteiger charge is 2.06. The van der Waals surface area contributed by atoms with Gasteiger partial charge in [0.25, 0.3) is 0 Å². The van der Waals surface area contributed by atoms with Crippen LogP contribution >= 0.6 is 0 Å². The van der Waals surface area contributed by atoms with Gasteiger partial charge in [0, 0.05) is 18.3 Å². The molecule has 1 aromatic heterocycles. The summed E-state index contributed by atoms with van der Waals surface area (Å²) in [6.07, 6.45) is 3.00. The summed E-state index contributed by atoms with van der Waals surface area (Å²) >= 11 is 0. The summed E-state index contributed by atoms with van der Waals surface area (Å²) in [7, 11) is 0. The van der Waals surface area contributed by atoms with Crippen LogP contribution in [0.5, 0.6) is 0 Å². The molecule has 0 atom stereocenters. The molecule has 0 aliphatic rings. The van der Waals surface area contributed by atoms with Crippen molar-refractivity contribution in [3.8, 4) is 0 Å². The quantitative estimate of drug-likeness (QED) is 0.878. The summed E-state index contributed by atoms with van der Waals surface area (Å²) < 4.78 is 2.01. The van der Waals surface area contributed by atoms with Crippen molar-refractivity contribution < 1.29 is 4.79 Å². The molecule has 19 heavy (non-hydrogen) atoms. The molecule has 0 saturated carbocycles. The van der Waals surface area contributed by atoms with E-state index in [9.17, 15) is 4.79 Å². The Kier molecular flexibility index (Phi) is 4.25. The molecule has 102 valence electrons. The third-order valence-corrected chi connectivity index (χ3v) is 3.29. The van der Waals surface area contributed by atoms with Crippen molar-refractivity contribution in [3.05, 3.63) is 36.0 Å². The van der Waals surface area contributed by atoms with Crippen molar-refractivity contribution in [3.63, 3.8) is 0 Å². The minimum Gasteiger partial charge on any atom is -0.355 e. The van der Waals surface area contributed by atoms with Gasteiger partial charge in [-0.1, -0.05) is 26.0 Å². The Balaban J connectivity index is 2.01. The van der Waals surface area contributed by atoms with Gasteiger partial charge in [-0.3, -0.25) is 4.79 Å². The van der Waals surface area contributed by atoms with E-state index >= 15 is 0 Å². The predicted octanol–water partition coefficient (Wildman–Crippen LogP) is 3.11. The molecule has 0 aliphatic carbocycles. The summed E-state index contributed by atoms with van der Waals surface area (Å²) in [5, 5.41) is 4.15. The molecule has 1 amide bonds. The summed E-state index contributed by atoms with van der Waals surface area (Å²) in [4.78, 5) is 11.9. The zero-order valence-electron chi connectivity index (χ0n) is 11.9. The van der Waals surface area contributed by atoms with Crippen molar-refractivity contribution in [1.29, 1.82) is 0 Å². The van der Waals surface area contributed by atoms with Gasteiger partial charge in [0.2, 0.25) is 5.91 Å².